The number of fused-ring (bicyclic) bond motifs is 2. The summed E-state index contributed by atoms with van der Waals surface area (Å²) in [5.74, 6) is 2.96. The first-order valence-corrected chi connectivity index (χ1v) is 16.0. The largest absolute Gasteiger partial charge is 0.378 e. The maximum atomic E-state index is 13.2. The van der Waals surface area contributed by atoms with Gasteiger partial charge in [-0.2, -0.15) is 0 Å². The Morgan fingerprint density at radius 1 is 0.708 bits per heavy atom. The summed E-state index contributed by atoms with van der Waals surface area (Å²) in [4.78, 5) is 43.6. The van der Waals surface area contributed by atoms with Crippen molar-refractivity contribution in [2.75, 3.05) is 80.2 Å². The zero-order valence-corrected chi connectivity index (χ0v) is 26.4. The van der Waals surface area contributed by atoms with Gasteiger partial charge in [0, 0.05) is 62.4 Å². The second kappa shape index (κ2) is 12.8. The second-order valence-electron chi connectivity index (χ2n) is 11.7. The summed E-state index contributed by atoms with van der Waals surface area (Å²) in [7, 11) is 1.67. The van der Waals surface area contributed by atoms with Gasteiger partial charge in [-0.1, -0.05) is 12.1 Å². The topological polar surface area (TPSA) is 152 Å². The Kier molecular flexibility index (Phi) is 7.92. The standard InChI is InChI=1S/C34H35N11O3/c1-43(42-25-4-2-3-23(21-25)31-39-27-10-12-36-29(27)33(41-31)45-15-19-48-20-16-45)34(46)37-24-7-5-22(6-8-24)30-38-26-9-11-35-28(26)32(40-30)44-13-17-47-18-14-44/h2-12,21,35-36,42H,13-20H2,1H3,(H,37,46). The second-order valence-corrected chi connectivity index (χ2v) is 11.7. The van der Waals surface area contributed by atoms with Crippen LogP contribution in [0.15, 0.2) is 73.1 Å². The Balaban J connectivity index is 0.957. The quantitative estimate of drug-likeness (QED) is 0.179. The number of carbonyl (C=O) groups is 1. The Hall–Kier alpha value is -5.73. The summed E-state index contributed by atoms with van der Waals surface area (Å²) in [6.07, 6.45) is 3.76. The molecule has 6 heterocycles. The number of hydrogen-bond donors (Lipinski definition) is 4. The third-order valence-electron chi connectivity index (χ3n) is 8.51. The van der Waals surface area contributed by atoms with E-state index in [1.165, 1.54) is 5.01 Å². The number of aromatic amines is 2. The first-order chi connectivity index (χ1) is 23.6. The molecule has 2 aromatic carbocycles. The molecule has 48 heavy (non-hydrogen) atoms. The van der Waals surface area contributed by atoms with Crippen molar-refractivity contribution in [3.63, 3.8) is 0 Å². The average molecular weight is 646 g/mol. The van der Waals surface area contributed by atoms with Gasteiger partial charge in [0.1, 0.15) is 11.0 Å². The normalized spacial score (nSPS) is 15.2. The van der Waals surface area contributed by atoms with Gasteiger partial charge < -0.3 is 34.6 Å². The summed E-state index contributed by atoms with van der Waals surface area (Å²) in [5.41, 5.74) is 9.74. The van der Waals surface area contributed by atoms with Crippen LogP contribution in [0.2, 0.25) is 0 Å². The van der Waals surface area contributed by atoms with Crippen molar-refractivity contribution in [1.82, 2.24) is 34.9 Å². The molecular weight excluding hydrogens is 610 g/mol. The van der Waals surface area contributed by atoms with Crippen molar-refractivity contribution in [1.29, 1.82) is 0 Å². The van der Waals surface area contributed by atoms with Crippen LogP contribution < -0.4 is 20.5 Å². The number of hydrogen-bond acceptors (Lipinski definition) is 10. The van der Waals surface area contributed by atoms with Gasteiger partial charge in [-0.3, -0.25) is 5.43 Å². The Labute approximate surface area is 276 Å². The van der Waals surface area contributed by atoms with Gasteiger partial charge in [0.25, 0.3) is 0 Å². The minimum atomic E-state index is -0.327. The molecule has 0 aliphatic carbocycles. The SMILES string of the molecule is CN(Nc1cccc(-c2nc(N3CCOCC3)c3[nH]ccc3n2)c1)C(=O)Nc1ccc(-c2nc(N3CCOCC3)c3[nH]ccc3n2)cc1. The number of ether oxygens (including phenoxy) is 2. The van der Waals surface area contributed by atoms with E-state index < -0.39 is 0 Å². The Morgan fingerprint density at radius 3 is 1.85 bits per heavy atom. The smallest absolute Gasteiger partial charge is 0.340 e. The number of aromatic nitrogens is 6. The molecule has 2 amide bonds. The van der Waals surface area contributed by atoms with Crippen LogP contribution in [0.1, 0.15) is 0 Å². The van der Waals surface area contributed by atoms with Gasteiger partial charge in [0.15, 0.2) is 23.3 Å². The van der Waals surface area contributed by atoms with Crippen LogP contribution in [-0.4, -0.2) is 101 Å². The van der Waals surface area contributed by atoms with Gasteiger partial charge in [-0.05, 0) is 48.5 Å². The number of nitrogens with one attached hydrogen (secondary N) is 4. The number of amides is 2. The van der Waals surface area contributed by atoms with E-state index in [4.69, 9.17) is 29.4 Å². The average Bonchev–Trinajstić information content (AvgIpc) is 3.82. The van der Waals surface area contributed by atoms with Crippen molar-refractivity contribution in [3.8, 4) is 22.8 Å². The fourth-order valence-electron chi connectivity index (χ4n) is 6.01. The van der Waals surface area contributed by atoms with Crippen LogP contribution in [0.5, 0.6) is 0 Å². The first kappa shape index (κ1) is 29.7. The van der Waals surface area contributed by atoms with E-state index in [2.05, 4.69) is 30.5 Å². The molecule has 4 aromatic heterocycles. The Morgan fingerprint density at radius 2 is 1.27 bits per heavy atom. The molecule has 8 rings (SSSR count). The fourth-order valence-corrected chi connectivity index (χ4v) is 6.01. The van der Waals surface area contributed by atoms with E-state index >= 15 is 0 Å². The molecule has 0 saturated carbocycles. The lowest BCUT2D eigenvalue weighted by Gasteiger charge is -2.28. The van der Waals surface area contributed by atoms with Gasteiger partial charge in [0.2, 0.25) is 0 Å². The van der Waals surface area contributed by atoms with E-state index in [-0.39, 0.29) is 6.03 Å². The van der Waals surface area contributed by atoms with Gasteiger partial charge in [-0.15, -0.1) is 0 Å². The summed E-state index contributed by atoms with van der Waals surface area (Å²) in [6.45, 7) is 5.73. The monoisotopic (exact) mass is 645 g/mol. The molecular formula is C34H35N11O3. The highest BCUT2D eigenvalue weighted by Crippen LogP contribution is 2.30. The molecule has 0 unspecified atom stereocenters. The predicted molar refractivity (Wildman–Crippen MR) is 185 cm³/mol. The van der Waals surface area contributed by atoms with Crippen molar-refractivity contribution in [3.05, 3.63) is 73.1 Å². The van der Waals surface area contributed by atoms with Crippen LogP contribution in [-0.2, 0) is 9.47 Å². The number of rotatable bonds is 7. The first-order valence-electron chi connectivity index (χ1n) is 16.0. The molecule has 2 fully saturated rings. The maximum absolute atomic E-state index is 13.2. The van der Waals surface area contributed by atoms with Crippen molar-refractivity contribution in [2.45, 2.75) is 0 Å². The van der Waals surface area contributed by atoms with Crippen LogP contribution in [0, 0.1) is 0 Å². The maximum Gasteiger partial charge on any atom is 0.340 e. The van der Waals surface area contributed by atoms with Gasteiger partial charge in [-0.25, -0.2) is 29.7 Å². The lowest BCUT2D eigenvalue weighted by molar-refractivity contribution is 0.122. The van der Waals surface area contributed by atoms with Gasteiger partial charge >= 0.3 is 6.03 Å². The fraction of sp³-hybridized carbons (Fsp3) is 0.265. The molecule has 4 N–H and O–H groups in total. The van der Waals surface area contributed by atoms with E-state index in [0.29, 0.717) is 43.8 Å². The molecule has 2 aliphatic rings. The number of hydrazine groups is 1. The number of anilines is 4. The van der Waals surface area contributed by atoms with E-state index in [0.717, 1.165) is 76.7 Å². The van der Waals surface area contributed by atoms with Crippen LogP contribution in [0.3, 0.4) is 0 Å². The highest BCUT2D eigenvalue weighted by molar-refractivity contribution is 5.91. The molecule has 244 valence electrons. The van der Waals surface area contributed by atoms with Crippen molar-refractivity contribution < 1.29 is 14.3 Å². The summed E-state index contributed by atoms with van der Waals surface area (Å²) < 4.78 is 11.1. The molecule has 0 radical (unpaired) electrons. The highest BCUT2D eigenvalue weighted by atomic mass is 16.5. The van der Waals surface area contributed by atoms with E-state index in [1.54, 1.807) is 7.05 Å². The third-order valence-corrected chi connectivity index (χ3v) is 8.51. The molecule has 6 aromatic rings. The molecule has 0 atom stereocenters. The summed E-state index contributed by atoms with van der Waals surface area (Å²) >= 11 is 0. The zero-order chi connectivity index (χ0) is 32.5. The third kappa shape index (κ3) is 5.94. The number of urea groups is 1. The lowest BCUT2D eigenvalue weighted by atomic mass is 10.2. The molecule has 14 heteroatoms. The highest BCUT2D eigenvalue weighted by Gasteiger charge is 2.21. The summed E-state index contributed by atoms with van der Waals surface area (Å²) in [6, 6.07) is 18.8. The lowest BCUT2D eigenvalue weighted by Crippen LogP contribution is -2.37. The van der Waals surface area contributed by atoms with E-state index in [1.807, 2.05) is 73.1 Å². The minimum absolute atomic E-state index is 0.327. The zero-order valence-electron chi connectivity index (χ0n) is 26.4. The number of nitrogens with zero attached hydrogens (tertiary/aromatic N) is 7. The molecule has 0 bridgehead atoms. The van der Waals surface area contributed by atoms with Crippen LogP contribution in [0.4, 0.5) is 27.8 Å². The molecule has 2 saturated heterocycles. The Bertz CT molecular complexity index is 2060. The number of morpholine rings is 2. The summed E-state index contributed by atoms with van der Waals surface area (Å²) in [5, 5.41) is 4.35. The number of carbonyl (C=O) groups excluding carboxylic acids is 1. The molecule has 14 nitrogen and oxygen atoms in total. The van der Waals surface area contributed by atoms with Crippen LogP contribution >= 0.6 is 0 Å². The molecule has 0 spiro atoms. The van der Waals surface area contributed by atoms with Crippen LogP contribution in [0.25, 0.3) is 44.8 Å². The number of H-pyrrole nitrogens is 2. The van der Waals surface area contributed by atoms with E-state index in [9.17, 15) is 4.79 Å². The van der Waals surface area contributed by atoms with Gasteiger partial charge in [0.05, 0.1) is 43.1 Å². The number of benzene rings is 2. The van der Waals surface area contributed by atoms with Crippen molar-refractivity contribution in [2.24, 2.45) is 0 Å². The predicted octanol–water partition coefficient (Wildman–Crippen LogP) is 4.73. The minimum Gasteiger partial charge on any atom is -0.378 e. The molecule has 2 aliphatic heterocycles. The van der Waals surface area contributed by atoms with Crippen molar-refractivity contribution >= 4 is 51.1 Å².